The van der Waals surface area contributed by atoms with Gasteiger partial charge in [0.1, 0.15) is 11.3 Å². The molecular weight excluding hydrogens is 304 g/mol. The molecule has 0 atom stereocenters. The Balaban J connectivity index is 3.26. The number of hydrogen-bond acceptors (Lipinski definition) is 2. The molecule has 0 radical (unpaired) electrons. The molecule has 0 aromatic heterocycles. The first-order valence-corrected chi connectivity index (χ1v) is 5.88. The minimum atomic E-state index is -4.76. The summed E-state index contributed by atoms with van der Waals surface area (Å²) in [5.74, 6) is -1.68. The number of carbonyl (C=O) groups is 1. The molecule has 0 N–H and O–H groups in total. The van der Waals surface area contributed by atoms with Gasteiger partial charge in [0.2, 0.25) is 0 Å². The second kappa shape index (κ2) is 5.84. The van der Waals surface area contributed by atoms with Crippen molar-refractivity contribution in [3.05, 3.63) is 39.9 Å². The van der Waals surface area contributed by atoms with Crippen LogP contribution >= 0.6 is 23.2 Å². The smallest absolute Gasteiger partial charge is 0.421 e. The third-order valence-electron chi connectivity index (χ3n) is 2.22. The third kappa shape index (κ3) is 3.88. The minimum absolute atomic E-state index is 0.0456. The Kier molecular flexibility index (Phi) is 4.87. The van der Waals surface area contributed by atoms with Crippen LogP contribution in [0.15, 0.2) is 24.3 Å². The molecule has 1 aromatic carbocycles. The van der Waals surface area contributed by atoms with Crippen molar-refractivity contribution in [3.63, 3.8) is 0 Å². The molecule has 2 nitrogen and oxygen atoms in total. The molecule has 0 fully saturated rings. The first kappa shape index (κ1) is 15.9. The summed E-state index contributed by atoms with van der Waals surface area (Å²) >= 11 is 11.1. The van der Waals surface area contributed by atoms with E-state index in [0.717, 1.165) is 12.1 Å². The molecule has 0 aliphatic rings. The molecule has 1 rings (SSSR count). The fourth-order valence-electron chi connectivity index (χ4n) is 1.22. The molecule has 19 heavy (non-hydrogen) atoms. The van der Waals surface area contributed by atoms with Gasteiger partial charge in [-0.3, -0.25) is 0 Å². The predicted octanol–water partition coefficient (Wildman–Crippen LogP) is 4.88. The number of hydrogen-bond donors (Lipinski definition) is 0. The molecule has 0 heterocycles. The van der Waals surface area contributed by atoms with Crippen LogP contribution in [-0.2, 0) is 11.0 Å². The highest BCUT2D eigenvalue weighted by molar-refractivity contribution is 6.35. The van der Waals surface area contributed by atoms with Gasteiger partial charge in [-0.1, -0.05) is 36.7 Å². The van der Waals surface area contributed by atoms with Gasteiger partial charge >= 0.3 is 12.1 Å². The van der Waals surface area contributed by atoms with E-state index >= 15 is 0 Å². The number of esters is 1. The monoisotopic (exact) mass is 312 g/mol. The Bertz CT molecular complexity index is 524. The summed E-state index contributed by atoms with van der Waals surface area (Å²) in [6, 6.07) is 1.81. The maximum absolute atomic E-state index is 12.8. The average Bonchev–Trinajstić information content (AvgIpc) is 2.24. The Labute approximate surface area is 117 Å². The molecule has 0 bridgehead atoms. The van der Waals surface area contributed by atoms with Crippen LogP contribution < -0.4 is 4.74 Å². The zero-order valence-electron chi connectivity index (χ0n) is 9.78. The molecule has 0 amide bonds. The second-order valence-corrected chi connectivity index (χ2v) is 4.45. The lowest BCUT2D eigenvalue weighted by molar-refractivity contribution is -0.141. The van der Waals surface area contributed by atoms with Crippen molar-refractivity contribution in [3.8, 4) is 5.75 Å². The highest BCUT2D eigenvalue weighted by Gasteiger charge is 2.38. The molecule has 0 saturated heterocycles. The van der Waals surface area contributed by atoms with Gasteiger partial charge in [0.15, 0.2) is 0 Å². The van der Waals surface area contributed by atoms with Crippen LogP contribution in [-0.4, -0.2) is 5.97 Å². The number of ether oxygens (including phenoxy) is 1. The zero-order chi connectivity index (χ0) is 14.8. The normalized spacial score (nSPS) is 11.3. The maximum Gasteiger partial charge on any atom is 0.421 e. The van der Waals surface area contributed by atoms with Crippen molar-refractivity contribution in [2.75, 3.05) is 0 Å². The van der Waals surface area contributed by atoms with E-state index in [-0.39, 0.29) is 17.0 Å². The van der Waals surface area contributed by atoms with Crippen molar-refractivity contribution >= 4 is 29.2 Å². The summed E-state index contributed by atoms with van der Waals surface area (Å²) in [7, 11) is 0. The molecule has 0 saturated carbocycles. The standard InChI is InChI=1S/C12H9Cl2F3O2/c1-3-6(2)11(18)19-9-5-7(13)4-8(14)10(9)12(15,16)17/h4-5H,2-3H2,1H3. The SMILES string of the molecule is C=C(CC)C(=O)Oc1cc(Cl)cc(Cl)c1C(F)(F)F. The Hall–Kier alpha value is -1.20. The first-order chi connectivity index (χ1) is 8.66. The summed E-state index contributed by atoms with van der Waals surface area (Å²) in [5.41, 5.74) is -1.19. The van der Waals surface area contributed by atoms with E-state index in [2.05, 4.69) is 11.3 Å². The van der Waals surface area contributed by atoms with Gasteiger partial charge in [-0.2, -0.15) is 13.2 Å². The summed E-state index contributed by atoms with van der Waals surface area (Å²) in [4.78, 5) is 11.5. The van der Waals surface area contributed by atoms with Crippen LogP contribution in [0.1, 0.15) is 18.9 Å². The third-order valence-corrected chi connectivity index (χ3v) is 2.74. The van der Waals surface area contributed by atoms with E-state index in [1.807, 2.05) is 0 Å². The molecule has 1 aromatic rings. The predicted molar refractivity (Wildman–Crippen MR) is 66.5 cm³/mol. The topological polar surface area (TPSA) is 26.3 Å². The van der Waals surface area contributed by atoms with Gasteiger partial charge in [-0.15, -0.1) is 0 Å². The Morgan fingerprint density at radius 2 is 1.95 bits per heavy atom. The largest absolute Gasteiger partial charge is 0.422 e. The lowest BCUT2D eigenvalue weighted by Crippen LogP contribution is -2.15. The summed E-state index contributed by atoms with van der Waals surface area (Å²) < 4.78 is 43.2. The van der Waals surface area contributed by atoms with E-state index in [9.17, 15) is 18.0 Å². The number of rotatable bonds is 3. The molecule has 0 aliphatic heterocycles. The van der Waals surface area contributed by atoms with Crippen molar-refractivity contribution in [1.29, 1.82) is 0 Å². The summed E-state index contributed by atoms with van der Waals surface area (Å²) in [6.07, 6.45) is -4.50. The van der Waals surface area contributed by atoms with Gasteiger partial charge < -0.3 is 4.74 Å². The van der Waals surface area contributed by atoms with Gasteiger partial charge in [0, 0.05) is 16.7 Å². The highest BCUT2D eigenvalue weighted by Crippen LogP contribution is 2.42. The van der Waals surface area contributed by atoms with Gasteiger partial charge in [-0.25, -0.2) is 4.79 Å². The quantitative estimate of drug-likeness (QED) is 0.451. The Morgan fingerprint density at radius 1 is 1.37 bits per heavy atom. The zero-order valence-corrected chi connectivity index (χ0v) is 11.3. The summed E-state index contributed by atoms with van der Waals surface area (Å²) in [5, 5.41) is -0.701. The fourth-order valence-corrected chi connectivity index (χ4v) is 1.80. The van der Waals surface area contributed by atoms with Crippen LogP contribution in [0.3, 0.4) is 0 Å². The van der Waals surface area contributed by atoms with Crippen LogP contribution in [0.5, 0.6) is 5.75 Å². The van der Waals surface area contributed by atoms with Crippen molar-refractivity contribution < 1.29 is 22.7 Å². The minimum Gasteiger partial charge on any atom is -0.422 e. The first-order valence-electron chi connectivity index (χ1n) is 5.13. The number of carbonyl (C=O) groups excluding carboxylic acids is 1. The van der Waals surface area contributed by atoms with E-state index in [1.54, 1.807) is 6.92 Å². The van der Waals surface area contributed by atoms with Crippen LogP contribution in [0.2, 0.25) is 10.0 Å². The van der Waals surface area contributed by atoms with E-state index in [0.29, 0.717) is 0 Å². The molecule has 7 heteroatoms. The number of alkyl halides is 3. The lowest BCUT2D eigenvalue weighted by atomic mass is 10.2. The summed E-state index contributed by atoms with van der Waals surface area (Å²) in [6.45, 7) is 5.01. The van der Waals surface area contributed by atoms with Gasteiger partial charge in [0.05, 0.1) is 5.02 Å². The van der Waals surface area contributed by atoms with Crippen molar-refractivity contribution in [2.45, 2.75) is 19.5 Å². The highest BCUT2D eigenvalue weighted by atomic mass is 35.5. The maximum atomic E-state index is 12.8. The van der Waals surface area contributed by atoms with E-state index in [4.69, 9.17) is 23.2 Å². The van der Waals surface area contributed by atoms with Crippen LogP contribution in [0, 0.1) is 0 Å². The van der Waals surface area contributed by atoms with Gasteiger partial charge in [-0.05, 0) is 12.5 Å². The van der Waals surface area contributed by atoms with E-state index in [1.165, 1.54) is 0 Å². The average molecular weight is 313 g/mol. The van der Waals surface area contributed by atoms with Crippen LogP contribution in [0.4, 0.5) is 13.2 Å². The van der Waals surface area contributed by atoms with Gasteiger partial charge in [0.25, 0.3) is 0 Å². The molecule has 0 spiro atoms. The lowest BCUT2D eigenvalue weighted by Gasteiger charge is -2.15. The number of halogens is 5. The fraction of sp³-hybridized carbons (Fsp3) is 0.250. The molecule has 0 unspecified atom stereocenters. The molecule has 104 valence electrons. The molecular formula is C12H9Cl2F3O2. The number of benzene rings is 1. The van der Waals surface area contributed by atoms with Crippen molar-refractivity contribution in [1.82, 2.24) is 0 Å². The van der Waals surface area contributed by atoms with Crippen molar-refractivity contribution in [2.24, 2.45) is 0 Å². The Morgan fingerprint density at radius 3 is 2.42 bits per heavy atom. The second-order valence-electron chi connectivity index (χ2n) is 3.61. The van der Waals surface area contributed by atoms with E-state index < -0.39 is 28.5 Å². The van der Waals surface area contributed by atoms with Crippen LogP contribution in [0.25, 0.3) is 0 Å². The molecule has 0 aliphatic carbocycles.